The summed E-state index contributed by atoms with van der Waals surface area (Å²) in [4.78, 5) is 34.7. The topological polar surface area (TPSA) is 76.1 Å². The average molecular weight is 410 g/mol. The van der Waals surface area contributed by atoms with Crippen LogP contribution in [0.3, 0.4) is 0 Å². The normalized spacial score (nSPS) is 17.9. The zero-order valence-corrected chi connectivity index (χ0v) is 18.6. The summed E-state index contributed by atoms with van der Waals surface area (Å²) in [5, 5.41) is 10.7. The van der Waals surface area contributed by atoms with Gasteiger partial charge < -0.3 is 10.0 Å². The molecule has 1 aromatic rings. The fraction of sp³-hybridized carbons (Fsp3) is 0.619. The molecule has 1 aliphatic heterocycles. The van der Waals surface area contributed by atoms with Crippen LogP contribution in [0.25, 0.3) is 0 Å². The number of thioether (sulfide) groups is 1. The van der Waals surface area contributed by atoms with E-state index in [1.165, 1.54) is 18.9 Å². The molecule has 1 aromatic carbocycles. The first kappa shape index (κ1) is 22.6. The van der Waals surface area contributed by atoms with Gasteiger partial charge in [0.25, 0.3) is 0 Å². The molecule has 0 aromatic heterocycles. The van der Waals surface area contributed by atoms with Gasteiger partial charge in [-0.1, -0.05) is 41.5 Å². The van der Waals surface area contributed by atoms with Crippen molar-refractivity contribution in [1.82, 2.24) is 4.90 Å². The van der Waals surface area contributed by atoms with Gasteiger partial charge in [0.2, 0.25) is 5.91 Å². The van der Waals surface area contributed by atoms with Gasteiger partial charge in [-0.3, -0.25) is 9.68 Å². The first-order chi connectivity index (χ1) is 12.9. The summed E-state index contributed by atoms with van der Waals surface area (Å²) in [6, 6.07) is 3.97. The molecule has 0 saturated carbocycles. The molecule has 0 spiro atoms. The molecule has 1 aliphatic rings. The maximum absolute atomic E-state index is 12.4. The molecular formula is C21H31NO5S. The molecule has 156 valence electrons. The Bertz CT molecular complexity index is 713. The Labute approximate surface area is 171 Å². The standard InChI is InChI=1S/C21H31NO5S/c1-20(2,3)14-10-13(11-15(18(14)25)21(4,5)6)19-22(16(23)12-28-19)9-8-17(24)27-26-7/h10-11,19,25H,8-9,12H2,1-7H3/t19-/m0/s1. The van der Waals surface area contributed by atoms with Crippen LogP contribution in [0.1, 0.15) is 70.0 Å². The van der Waals surface area contributed by atoms with Crippen molar-refractivity contribution >= 4 is 23.6 Å². The summed E-state index contributed by atoms with van der Waals surface area (Å²) >= 11 is 1.53. The molecule has 1 atom stereocenters. The number of carbonyl (C=O) groups is 2. The number of phenols is 1. The van der Waals surface area contributed by atoms with Crippen LogP contribution in [0.5, 0.6) is 5.75 Å². The van der Waals surface area contributed by atoms with Crippen molar-refractivity contribution in [3.63, 3.8) is 0 Å². The smallest absolute Gasteiger partial charge is 0.344 e. The van der Waals surface area contributed by atoms with Gasteiger partial charge >= 0.3 is 5.97 Å². The zero-order valence-electron chi connectivity index (χ0n) is 17.8. The second-order valence-corrected chi connectivity index (χ2v) is 10.2. The summed E-state index contributed by atoms with van der Waals surface area (Å²) < 4.78 is 0. The van der Waals surface area contributed by atoms with Crippen molar-refractivity contribution in [2.75, 3.05) is 19.4 Å². The summed E-state index contributed by atoms with van der Waals surface area (Å²) in [7, 11) is 1.27. The van der Waals surface area contributed by atoms with Crippen molar-refractivity contribution < 1.29 is 24.5 Å². The van der Waals surface area contributed by atoms with Crippen molar-refractivity contribution in [2.24, 2.45) is 0 Å². The second-order valence-electron chi connectivity index (χ2n) is 9.09. The molecule has 1 heterocycles. The fourth-order valence-electron chi connectivity index (χ4n) is 3.26. The average Bonchev–Trinajstić information content (AvgIpc) is 2.92. The molecule has 0 bridgehead atoms. The number of rotatable bonds is 5. The van der Waals surface area contributed by atoms with Crippen molar-refractivity contribution in [2.45, 2.75) is 64.2 Å². The van der Waals surface area contributed by atoms with Crippen molar-refractivity contribution in [3.05, 3.63) is 28.8 Å². The number of nitrogens with zero attached hydrogens (tertiary/aromatic N) is 1. The molecule has 1 amide bonds. The van der Waals surface area contributed by atoms with Crippen LogP contribution in [0.15, 0.2) is 12.1 Å². The number of carbonyl (C=O) groups excluding carboxylic acids is 2. The molecular weight excluding hydrogens is 378 g/mol. The maximum atomic E-state index is 12.4. The van der Waals surface area contributed by atoms with E-state index in [1.807, 2.05) is 12.1 Å². The van der Waals surface area contributed by atoms with Crippen LogP contribution < -0.4 is 0 Å². The Kier molecular flexibility index (Phi) is 6.71. The van der Waals surface area contributed by atoms with Gasteiger partial charge in [-0.25, -0.2) is 4.79 Å². The van der Waals surface area contributed by atoms with E-state index in [0.29, 0.717) is 11.5 Å². The van der Waals surface area contributed by atoms with Crippen LogP contribution in [0, 0.1) is 0 Å². The summed E-state index contributed by atoms with van der Waals surface area (Å²) in [6.45, 7) is 12.6. The highest BCUT2D eigenvalue weighted by Crippen LogP contribution is 2.45. The first-order valence-electron chi connectivity index (χ1n) is 9.38. The lowest BCUT2D eigenvalue weighted by atomic mass is 9.78. The van der Waals surface area contributed by atoms with Gasteiger partial charge in [0.15, 0.2) is 0 Å². The predicted octanol–water partition coefficient (Wildman–Crippen LogP) is 4.06. The monoisotopic (exact) mass is 409 g/mol. The summed E-state index contributed by atoms with van der Waals surface area (Å²) in [5.41, 5.74) is 2.17. The van der Waals surface area contributed by atoms with Crippen molar-refractivity contribution in [3.8, 4) is 5.75 Å². The molecule has 0 unspecified atom stereocenters. The molecule has 0 radical (unpaired) electrons. The molecule has 2 rings (SSSR count). The third-order valence-corrected chi connectivity index (χ3v) is 5.99. The van der Waals surface area contributed by atoms with Gasteiger partial charge in [-0.15, -0.1) is 11.8 Å². The van der Waals surface area contributed by atoms with E-state index < -0.39 is 5.97 Å². The fourth-order valence-corrected chi connectivity index (χ4v) is 4.46. The minimum atomic E-state index is -0.512. The molecule has 6 nitrogen and oxygen atoms in total. The molecule has 28 heavy (non-hydrogen) atoms. The minimum Gasteiger partial charge on any atom is -0.507 e. The van der Waals surface area contributed by atoms with Crippen LogP contribution in [0.4, 0.5) is 0 Å². The number of benzene rings is 1. The van der Waals surface area contributed by atoms with E-state index in [0.717, 1.165) is 16.7 Å². The lowest BCUT2D eigenvalue weighted by Crippen LogP contribution is -2.31. The molecule has 1 saturated heterocycles. The van der Waals surface area contributed by atoms with Crippen LogP contribution in [-0.4, -0.2) is 41.3 Å². The van der Waals surface area contributed by atoms with Crippen LogP contribution in [0.2, 0.25) is 0 Å². The van der Waals surface area contributed by atoms with E-state index >= 15 is 0 Å². The minimum absolute atomic E-state index is 0.0112. The van der Waals surface area contributed by atoms with E-state index in [9.17, 15) is 14.7 Å². The molecule has 0 aliphatic carbocycles. The third kappa shape index (κ3) is 5.00. The SMILES string of the molecule is COOC(=O)CCN1C(=O)CS[C@H]1c1cc(C(C)(C)C)c(O)c(C(C)(C)C)c1. The number of phenolic OH excluding ortho intramolecular Hbond substituents is 1. The molecule has 7 heteroatoms. The Morgan fingerprint density at radius 3 is 2.18 bits per heavy atom. The van der Waals surface area contributed by atoms with E-state index in [2.05, 4.69) is 51.3 Å². The highest BCUT2D eigenvalue weighted by molar-refractivity contribution is 8.00. The number of aromatic hydroxyl groups is 1. The maximum Gasteiger partial charge on any atom is 0.344 e. The highest BCUT2D eigenvalue weighted by atomic mass is 32.2. The largest absolute Gasteiger partial charge is 0.507 e. The number of hydrogen-bond acceptors (Lipinski definition) is 6. The Hall–Kier alpha value is -1.73. The van der Waals surface area contributed by atoms with Gasteiger partial charge in [0.1, 0.15) is 11.1 Å². The third-order valence-electron chi connectivity index (χ3n) is 4.73. The lowest BCUT2D eigenvalue weighted by molar-refractivity contribution is -0.255. The Morgan fingerprint density at radius 1 is 1.18 bits per heavy atom. The summed E-state index contributed by atoms with van der Waals surface area (Å²) in [5.74, 6) is 0.152. The van der Waals surface area contributed by atoms with Gasteiger partial charge in [0, 0.05) is 6.54 Å². The Morgan fingerprint density at radius 2 is 1.71 bits per heavy atom. The van der Waals surface area contributed by atoms with E-state index in [-0.39, 0.29) is 35.1 Å². The first-order valence-corrected chi connectivity index (χ1v) is 10.4. The molecule has 1 N–H and O–H groups in total. The summed E-state index contributed by atoms with van der Waals surface area (Å²) in [6.07, 6.45) is 0.0625. The molecule has 1 fully saturated rings. The van der Waals surface area contributed by atoms with Crippen LogP contribution >= 0.6 is 11.8 Å². The van der Waals surface area contributed by atoms with Crippen molar-refractivity contribution in [1.29, 1.82) is 0 Å². The predicted molar refractivity (Wildman–Crippen MR) is 110 cm³/mol. The zero-order chi connectivity index (χ0) is 21.3. The van der Waals surface area contributed by atoms with Crippen LogP contribution in [-0.2, 0) is 30.2 Å². The number of hydrogen-bond donors (Lipinski definition) is 1. The van der Waals surface area contributed by atoms with E-state index in [1.54, 1.807) is 4.90 Å². The number of amides is 1. The van der Waals surface area contributed by atoms with Gasteiger partial charge in [0.05, 0.1) is 19.3 Å². The Balaban J connectivity index is 2.44. The lowest BCUT2D eigenvalue weighted by Gasteiger charge is -2.31. The van der Waals surface area contributed by atoms with Gasteiger partial charge in [-0.05, 0) is 39.7 Å². The van der Waals surface area contributed by atoms with Gasteiger partial charge in [-0.2, -0.15) is 4.89 Å². The quantitative estimate of drug-likeness (QED) is 0.584. The van der Waals surface area contributed by atoms with E-state index in [4.69, 9.17) is 0 Å². The second kappa shape index (κ2) is 8.33. The highest BCUT2D eigenvalue weighted by Gasteiger charge is 2.35.